The predicted molar refractivity (Wildman–Crippen MR) is 137 cm³/mol. The van der Waals surface area contributed by atoms with Gasteiger partial charge in [-0.15, -0.1) is 0 Å². The molecule has 182 valence electrons. The minimum Gasteiger partial charge on any atom is -0.495 e. The minimum atomic E-state index is -3.90. The number of rotatable bonds is 10. The normalized spacial score (nSPS) is 11.6. The van der Waals surface area contributed by atoms with Crippen LogP contribution in [-0.2, 0) is 23.0 Å². The molecule has 1 heterocycles. The van der Waals surface area contributed by atoms with Crippen LogP contribution in [0.4, 0.5) is 0 Å². The van der Waals surface area contributed by atoms with Crippen molar-refractivity contribution in [3.8, 4) is 5.75 Å². The molecule has 1 amide bonds. The zero-order valence-corrected chi connectivity index (χ0v) is 20.6. The fourth-order valence-corrected chi connectivity index (χ4v) is 5.68. The van der Waals surface area contributed by atoms with E-state index in [2.05, 4.69) is 10.3 Å². The quantitative estimate of drug-likeness (QED) is 0.345. The van der Waals surface area contributed by atoms with E-state index in [1.165, 1.54) is 23.5 Å². The molecular weight excluding hydrogens is 462 g/mol. The smallest absolute Gasteiger partial charge is 0.251 e. The van der Waals surface area contributed by atoms with Gasteiger partial charge in [0.1, 0.15) is 10.6 Å². The van der Waals surface area contributed by atoms with E-state index < -0.39 is 10.0 Å². The summed E-state index contributed by atoms with van der Waals surface area (Å²) in [7, 11) is -2.48. The lowest BCUT2D eigenvalue weighted by molar-refractivity contribution is 0.0954. The van der Waals surface area contributed by atoms with Gasteiger partial charge in [0.2, 0.25) is 10.0 Å². The number of carbonyl (C=O) groups is 1. The average Bonchev–Trinajstić information content (AvgIpc) is 3.30. The van der Waals surface area contributed by atoms with Crippen LogP contribution in [0.1, 0.15) is 28.4 Å². The summed E-state index contributed by atoms with van der Waals surface area (Å²) >= 11 is 0. The number of benzene rings is 3. The van der Waals surface area contributed by atoms with E-state index in [1.807, 2.05) is 60.8 Å². The maximum Gasteiger partial charge on any atom is 0.251 e. The Morgan fingerprint density at radius 2 is 1.77 bits per heavy atom. The Labute approximate surface area is 205 Å². The molecule has 0 fully saturated rings. The molecular formula is C27H29N3O4S. The summed E-state index contributed by atoms with van der Waals surface area (Å²) in [6.07, 6.45) is 2.60. The number of methoxy groups -OCH3 is 1. The maximum absolute atomic E-state index is 13.5. The van der Waals surface area contributed by atoms with Crippen LogP contribution in [0.2, 0.25) is 0 Å². The van der Waals surface area contributed by atoms with E-state index in [0.717, 1.165) is 22.0 Å². The van der Waals surface area contributed by atoms with Crippen LogP contribution in [0.15, 0.2) is 83.9 Å². The fraction of sp³-hybridized carbons (Fsp3) is 0.222. The van der Waals surface area contributed by atoms with Crippen molar-refractivity contribution in [2.45, 2.75) is 24.8 Å². The van der Waals surface area contributed by atoms with Crippen LogP contribution < -0.4 is 10.1 Å². The molecule has 35 heavy (non-hydrogen) atoms. The molecule has 0 aliphatic carbocycles. The van der Waals surface area contributed by atoms with Crippen LogP contribution in [0.3, 0.4) is 0 Å². The molecule has 0 saturated carbocycles. The zero-order valence-electron chi connectivity index (χ0n) is 19.8. The number of aromatic amines is 1. The van der Waals surface area contributed by atoms with Crippen molar-refractivity contribution in [3.05, 3.63) is 95.7 Å². The van der Waals surface area contributed by atoms with Gasteiger partial charge in [0.15, 0.2) is 0 Å². The molecule has 4 aromatic rings. The number of hydrogen-bond donors (Lipinski definition) is 2. The number of amides is 1. The number of hydrogen-bond acceptors (Lipinski definition) is 4. The second-order valence-corrected chi connectivity index (χ2v) is 10.1. The molecule has 0 radical (unpaired) electrons. The molecule has 0 aliphatic heterocycles. The highest BCUT2D eigenvalue weighted by Gasteiger charge is 2.28. The second-order valence-electron chi connectivity index (χ2n) is 8.15. The Bertz CT molecular complexity index is 1410. The van der Waals surface area contributed by atoms with Gasteiger partial charge in [-0.3, -0.25) is 4.79 Å². The van der Waals surface area contributed by atoms with E-state index in [0.29, 0.717) is 13.0 Å². The Kier molecular flexibility index (Phi) is 7.53. The number of ether oxygens (including phenoxy) is 1. The first-order chi connectivity index (χ1) is 16.9. The molecule has 0 unspecified atom stereocenters. The second kappa shape index (κ2) is 10.8. The fourth-order valence-electron chi connectivity index (χ4n) is 4.06. The molecule has 4 rings (SSSR count). The SMILES string of the molecule is CCN(Cc1ccccc1)S(=O)(=O)c1cc(C(=O)NCCc2c[nH]c3ccccc23)ccc1OC. The van der Waals surface area contributed by atoms with Crippen LogP contribution in [0, 0.1) is 0 Å². The summed E-state index contributed by atoms with van der Waals surface area (Å²) < 4.78 is 33.8. The summed E-state index contributed by atoms with van der Waals surface area (Å²) in [5.74, 6) is -0.137. The highest BCUT2D eigenvalue weighted by molar-refractivity contribution is 7.89. The largest absolute Gasteiger partial charge is 0.495 e. The minimum absolute atomic E-state index is 0.0259. The number of nitrogens with one attached hydrogen (secondary N) is 2. The molecule has 3 aromatic carbocycles. The van der Waals surface area contributed by atoms with Crippen LogP contribution in [0.5, 0.6) is 5.75 Å². The maximum atomic E-state index is 13.5. The van der Waals surface area contributed by atoms with Gasteiger partial charge in [-0.2, -0.15) is 4.31 Å². The third-order valence-corrected chi connectivity index (χ3v) is 7.89. The van der Waals surface area contributed by atoms with E-state index in [4.69, 9.17) is 4.74 Å². The number of nitrogens with zero attached hydrogens (tertiary/aromatic N) is 1. The van der Waals surface area contributed by atoms with Gasteiger partial charge in [0, 0.05) is 42.3 Å². The van der Waals surface area contributed by atoms with Crippen LogP contribution >= 0.6 is 0 Å². The van der Waals surface area contributed by atoms with Gasteiger partial charge < -0.3 is 15.0 Å². The Morgan fingerprint density at radius 3 is 2.51 bits per heavy atom. The molecule has 0 saturated heterocycles. The van der Waals surface area contributed by atoms with Gasteiger partial charge in [-0.25, -0.2) is 8.42 Å². The predicted octanol–water partition coefficient (Wildman–Crippen LogP) is 4.36. The summed E-state index contributed by atoms with van der Waals surface area (Å²) in [5, 5.41) is 4.02. The summed E-state index contributed by atoms with van der Waals surface area (Å²) in [5.41, 5.74) is 3.30. The highest BCUT2D eigenvalue weighted by Crippen LogP contribution is 2.29. The molecule has 0 aliphatic rings. The number of fused-ring (bicyclic) bond motifs is 1. The van der Waals surface area contributed by atoms with Gasteiger partial charge >= 0.3 is 0 Å². The number of sulfonamides is 1. The van der Waals surface area contributed by atoms with E-state index in [-0.39, 0.29) is 35.2 Å². The van der Waals surface area contributed by atoms with Gasteiger partial charge in [-0.1, -0.05) is 55.5 Å². The van der Waals surface area contributed by atoms with E-state index >= 15 is 0 Å². The lowest BCUT2D eigenvalue weighted by atomic mass is 10.1. The third kappa shape index (κ3) is 5.39. The van der Waals surface area contributed by atoms with Gasteiger partial charge in [0.05, 0.1) is 7.11 Å². The molecule has 0 bridgehead atoms. The summed E-state index contributed by atoms with van der Waals surface area (Å²) in [4.78, 5) is 16.1. The molecule has 0 spiro atoms. The monoisotopic (exact) mass is 491 g/mol. The van der Waals surface area contributed by atoms with E-state index in [9.17, 15) is 13.2 Å². The molecule has 1 aromatic heterocycles. The van der Waals surface area contributed by atoms with Crippen LogP contribution in [0.25, 0.3) is 10.9 Å². The summed E-state index contributed by atoms with van der Waals surface area (Å²) in [6.45, 7) is 2.71. The molecule has 7 nitrogen and oxygen atoms in total. The topological polar surface area (TPSA) is 91.5 Å². The van der Waals surface area contributed by atoms with Crippen molar-refractivity contribution in [2.24, 2.45) is 0 Å². The van der Waals surface area contributed by atoms with E-state index in [1.54, 1.807) is 13.0 Å². The first-order valence-corrected chi connectivity index (χ1v) is 12.9. The molecule has 0 atom stereocenters. The van der Waals surface area contributed by atoms with Crippen molar-refractivity contribution < 1.29 is 17.9 Å². The molecule has 2 N–H and O–H groups in total. The Balaban J connectivity index is 1.51. The standard InChI is InChI=1S/C27H29N3O4S/c1-3-30(19-20-9-5-4-6-10-20)35(32,33)26-17-21(13-14-25(26)34-2)27(31)28-16-15-22-18-29-24-12-8-7-11-23(22)24/h4-14,17-18,29H,3,15-16,19H2,1-2H3,(H,28,31). The number of para-hydroxylation sites is 1. The zero-order chi connectivity index (χ0) is 24.8. The van der Waals surface area contributed by atoms with Crippen molar-refractivity contribution in [1.29, 1.82) is 0 Å². The lowest BCUT2D eigenvalue weighted by Crippen LogP contribution is -2.31. The average molecular weight is 492 g/mol. The first kappa shape index (κ1) is 24.5. The van der Waals surface area contributed by atoms with Gasteiger partial charge in [0.25, 0.3) is 5.91 Å². The van der Waals surface area contributed by atoms with Crippen molar-refractivity contribution >= 4 is 26.8 Å². The number of H-pyrrole nitrogens is 1. The van der Waals surface area contributed by atoms with Gasteiger partial charge in [-0.05, 0) is 41.8 Å². The molecule has 8 heteroatoms. The number of carbonyl (C=O) groups excluding carboxylic acids is 1. The summed E-state index contributed by atoms with van der Waals surface area (Å²) in [6, 6.07) is 21.9. The number of aromatic nitrogens is 1. The third-order valence-electron chi connectivity index (χ3n) is 5.95. The van der Waals surface area contributed by atoms with Crippen molar-refractivity contribution in [3.63, 3.8) is 0 Å². The Hall–Kier alpha value is -3.62. The highest BCUT2D eigenvalue weighted by atomic mass is 32.2. The van der Waals surface area contributed by atoms with Crippen molar-refractivity contribution in [2.75, 3.05) is 20.2 Å². The Morgan fingerprint density at radius 1 is 1.03 bits per heavy atom. The van der Waals surface area contributed by atoms with Crippen LogP contribution in [-0.4, -0.2) is 43.8 Å². The lowest BCUT2D eigenvalue weighted by Gasteiger charge is -2.22. The van der Waals surface area contributed by atoms with Crippen molar-refractivity contribution in [1.82, 2.24) is 14.6 Å². The first-order valence-electron chi connectivity index (χ1n) is 11.5.